The molecule has 5 heteroatoms. The summed E-state index contributed by atoms with van der Waals surface area (Å²) in [5, 5.41) is 3.53. The Morgan fingerprint density at radius 2 is 1.83 bits per heavy atom. The van der Waals surface area contributed by atoms with Crippen molar-refractivity contribution in [1.29, 1.82) is 0 Å². The minimum Gasteiger partial charge on any atom is -0.399 e. The van der Waals surface area contributed by atoms with Crippen LogP contribution >= 0.6 is 11.6 Å². The maximum Gasteiger partial charge on any atom is 0.134 e. The van der Waals surface area contributed by atoms with Crippen molar-refractivity contribution in [1.82, 2.24) is 4.98 Å². The molecule has 0 aliphatic carbocycles. The van der Waals surface area contributed by atoms with Gasteiger partial charge < -0.3 is 16.0 Å². The third-order valence-corrected chi connectivity index (χ3v) is 2.67. The Hall–Kier alpha value is -1.94. The Balaban J connectivity index is 2.18. The first-order valence-corrected chi connectivity index (χ1v) is 5.90. The second-order valence-electron chi connectivity index (χ2n) is 4.17. The molecule has 2 rings (SSSR count). The summed E-state index contributed by atoms with van der Waals surface area (Å²) in [4.78, 5) is 6.19. The number of nitrogens with two attached hydrogens (primary N) is 1. The van der Waals surface area contributed by atoms with Gasteiger partial charge in [-0.3, -0.25) is 0 Å². The summed E-state index contributed by atoms with van der Waals surface area (Å²) in [5.41, 5.74) is 8.37. The predicted octanol–water partition coefficient (Wildman–Crippen LogP) is 3.13. The van der Waals surface area contributed by atoms with Crippen LogP contribution in [0.2, 0.25) is 5.15 Å². The van der Waals surface area contributed by atoms with E-state index >= 15 is 0 Å². The van der Waals surface area contributed by atoms with Crippen LogP contribution < -0.4 is 16.0 Å². The van der Waals surface area contributed by atoms with Gasteiger partial charge >= 0.3 is 0 Å². The number of hydrogen-bond donors (Lipinski definition) is 2. The molecule has 0 saturated carbocycles. The van der Waals surface area contributed by atoms with Gasteiger partial charge in [0.15, 0.2) is 0 Å². The van der Waals surface area contributed by atoms with Crippen molar-refractivity contribution in [2.45, 2.75) is 0 Å². The number of benzene rings is 1. The molecular weight excluding hydrogens is 248 g/mol. The quantitative estimate of drug-likeness (QED) is 0.835. The van der Waals surface area contributed by atoms with E-state index in [1.165, 1.54) is 0 Å². The Morgan fingerprint density at radius 3 is 2.39 bits per heavy atom. The van der Waals surface area contributed by atoms with Crippen LogP contribution in [0.1, 0.15) is 0 Å². The van der Waals surface area contributed by atoms with E-state index in [0.29, 0.717) is 16.7 Å². The zero-order valence-corrected chi connectivity index (χ0v) is 11.1. The molecule has 18 heavy (non-hydrogen) atoms. The lowest BCUT2D eigenvalue weighted by Gasteiger charge is -2.13. The molecule has 0 saturated heterocycles. The zero-order valence-electron chi connectivity index (χ0n) is 10.3. The lowest BCUT2D eigenvalue weighted by Crippen LogP contribution is -2.08. The number of halogens is 1. The average molecular weight is 263 g/mol. The highest BCUT2D eigenvalue weighted by Gasteiger charge is 2.00. The number of hydrogen-bond acceptors (Lipinski definition) is 4. The molecule has 0 aliphatic heterocycles. The number of nitrogen functional groups attached to an aromatic ring is 1. The van der Waals surface area contributed by atoms with Crippen molar-refractivity contribution in [3.05, 3.63) is 41.6 Å². The molecule has 0 unspecified atom stereocenters. The minimum absolute atomic E-state index is 0.377. The number of rotatable bonds is 3. The summed E-state index contributed by atoms with van der Waals surface area (Å²) in [6, 6.07) is 11.4. The van der Waals surface area contributed by atoms with Crippen molar-refractivity contribution >= 4 is 34.5 Å². The number of aromatic nitrogens is 1. The first kappa shape index (κ1) is 12.5. The molecule has 0 bridgehead atoms. The topological polar surface area (TPSA) is 54.2 Å². The fraction of sp³-hybridized carbons (Fsp3) is 0.154. The van der Waals surface area contributed by atoms with Crippen molar-refractivity contribution < 1.29 is 0 Å². The predicted molar refractivity (Wildman–Crippen MR) is 77.7 cm³/mol. The highest BCUT2D eigenvalue weighted by molar-refractivity contribution is 6.29. The van der Waals surface area contributed by atoms with Crippen molar-refractivity contribution in [3.8, 4) is 0 Å². The summed E-state index contributed by atoms with van der Waals surface area (Å²) in [5.74, 6) is 0.637. The first-order valence-electron chi connectivity index (χ1n) is 5.52. The van der Waals surface area contributed by atoms with E-state index in [1.807, 2.05) is 43.3 Å². The summed E-state index contributed by atoms with van der Waals surface area (Å²) in [7, 11) is 4.00. The fourth-order valence-corrected chi connectivity index (χ4v) is 1.79. The van der Waals surface area contributed by atoms with Gasteiger partial charge in [0.05, 0.1) is 0 Å². The van der Waals surface area contributed by atoms with Crippen LogP contribution in [0.3, 0.4) is 0 Å². The minimum atomic E-state index is 0.377. The van der Waals surface area contributed by atoms with Crippen molar-refractivity contribution in [2.75, 3.05) is 30.0 Å². The second kappa shape index (κ2) is 5.14. The maximum atomic E-state index is 5.85. The van der Waals surface area contributed by atoms with Crippen LogP contribution in [0, 0.1) is 0 Å². The third-order valence-electron chi connectivity index (χ3n) is 2.47. The molecule has 1 aromatic carbocycles. The number of nitrogens with one attached hydrogen (secondary N) is 1. The molecule has 1 heterocycles. The van der Waals surface area contributed by atoms with Gasteiger partial charge in [-0.05, 0) is 30.3 Å². The van der Waals surface area contributed by atoms with Crippen LogP contribution in [0.15, 0.2) is 36.4 Å². The van der Waals surface area contributed by atoms with Gasteiger partial charge in [-0.15, -0.1) is 0 Å². The summed E-state index contributed by atoms with van der Waals surface area (Å²) in [6.45, 7) is 0. The Labute approximate surface area is 111 Å². The van der Waals surface area contributed by atoms with Crippen LogP contribution in [0.4, 0.5) is 22.9 Å². The molecule has 0 amide bonds. The lowest BCUT2D eigenvalue weighted by atomic mass is 10.2. The maximum absolute atomic E-state index is 5.85. The van der Waals surface area contributed by atoms with Gasteiger partial charge in [0.1, 0.15) is 11.0 Å². The van der Waals surface area contributed by atoms with Crippen LogP contribution in [0.25, 0.3) is 0 Å². The molecule has 0 radical (unpaired) electrons. The average Bonchev–Trinajstić information content (AvgIpc) is 2.28. The van der Waals surface area contributed by atoms with Crippen LogP contribution in [0.5, 0.6) is 0 Å². The van der Waals surface area contributed by atoms with Gasteiger partial charge in [0.2, 0.25) is 0 Å². The molecule has 0 spiro atoms. The normalized spacial score (nSPS) is 10.2. The largest absolute Gasteiger partial charge is 0.399 e. The second-order valence-corrected chi connectivity index (χ2v) is 4.56. The van der Waals surface area contributed by atoms with E-state index in [2.05, 4.69) is 10.3 Å². The molecular formula is C13H15ClN4. The van der Waals surface area contributed by atoms with Crippen molar-refractivity contribution in [2.24, 2.45) is 0 Å². The van der Waals surface area contributed by atoms with E-state index in [0.717, 1.165) is 11.4 Å². The Kier molecular flexibility index (Phi) is 3.58. The number of nitrogens with zero attached hydrogens (tertiary/aromatic N) is 2. The molecule has 0 aliphatic rings. The monoisotopic (exact) mass is 262 g/mol. The molecule has 2 aromatic rings. The molecule has 0 atom stereocenters. The van der Waals surface area contributed by atoms with E-state index in [9.17, 15) is 0 Å². The van der Waals surface area contributed by atoms with E-state index in [1.54, 1.807) is 12.1 Å². The van der Waals surface area contributed by atoms with Crippen LogP contribution in [-0.4, -0.2) is 19.1 Å². The summed E-state index contributed by atoms with van der Waals surface area (Å²) in [6.07, 6.45) is 0. The fourth-order valence-electron chi connectivity index (χ4n) is 1.57. The van der Waals surface area contributed by atoms with Gasteiger partial charge in [0, 0.05) is 37.2 Å². The highest BCUT2D eigenvalue weighted by Crippen LogP contribution is 2.22. The van der Waals surface area contributed by atoms with E-state index < -0.39 is 0 Å². The molecule has 1 aromatic heterocycles. The summed E-state index contributed by atoms with van der Waals surface area (Å²) < 4.78 is 0. The number of anilines is 4. The van der Waals surface area contributed by atoms with Gasteiger partial charge in [-0.2, -0.15) is 0 Å². The summed E-state index contributed by atoms with van der Waals surface area (Å²) >= 11 is 5.85. The van der Waals surface area contributed by atoms with Crippen molar-refractivity contribution in [3.63, 3.8) is 0 Å². The van der Waals surface area contributed by atoms with E-state index in [-0.39, 0.29) is 0 Å². The van der Waals surface area contributed by atoms with E-state index in [4.69, 9.17) is 17.3 Å². The van der Waals surface area contributed by atoms with Crippen LogP contribution in [-0.2, 0) is 0 Å². The smallest absolute Gasteiger partial charge is 0.134 e. The number of pyridine rings is 1. The molecule has 3 N–H and O–H groups in total. The van der Waals surface area contributed by atoms with Gasteiger partial charge in [-0.25, -0.2) is 4.98 Å². The Bertz CT molecular complexity index is 517. The third kappa shape index (κ3) is 3.05. The standard InChI is InChI=1S/C13H15ClN4/c1-18(2)11-5-3-10(4-6-11)16-13-8-9(15)7-12(14)17-13/h3-8H,1-2H3,(H3,15,16,17). The molecule has 94 valence electrons. The lowest BCUT2D eigenvalue weighted by molar-refractivity contribution is 1.13. The van der Waals surface area contributed by atoms with Gasteiger partial charge in [-0.1, -0.05) is 11.6 Å². The highest BCUT2D eigenvalue weighted by atomic mass is 35.5. The SMILES string of the molecule is CN(C)c1ccc(Nc2cc(N)cc(Cl)n2)cc1. The first-order chi connectivity index (χ1) is 8.54. The Morgan fingerprint density at radius 1 is 1.17 bits per heavy atom. The molecule has 4 nitrogen and oxygen atoms in total. The van der Waals surface area contributed by atoms with Gasteiger partial charge in [0.25, 0.3) is 0 Å². The zero-order chi connectivity index (χ0) is 13.1. The molecule has 0 fully saturated rings.